The summed E-state index contributed by atoms with van der Waals surface area (Å²) in [6, 6.07) is 7.94. The number of H-pyrrole nitrogens is 1. The zero-order valence-corrected chi connectivity index (χ0v) is 12.5. The topological polar surface area (TPSA) is 51.3 Å². The first-order valence-corrected chi connectivity index (χ1v) is 7.17. The molecule has 3 rings (SSSR count). The highest BCUT2D eigenvalue weighted by Crippen LogP contribution is 2.43. The molecule has 0 saturated heterocycles. The Hall–Kier alpha value is -2.23. The second-order valence-corrected chi connectivity index (χ2v) is 5.82. The molecule has 0 fully saturated rings. The quantitative estimate of drug-likeness (QED) is 0.877. The van der Waals surface area contributed by atoms with Gasteiger partial charge in [0, 0.05) is 23.7 Å². The number of benzene rings is 1. The SMILES string of the molecule is CCOC(=O)c1[nH]ccc1-c1cccc2c1OC(C)(C)C2. The van der Waals surface area contributed by atoms with Crippen molar-refractivity contribution < 1.29 is 14.3 Å². The molecule has 1 N–H and O–H groups in total. The predicted molar refractivity (Wildman–Crippen MR) is 80.6 cm³/mol. The molecule has 1 aliphatic heterocycles. The van der Waals surface area contributed by atoms with Gasteiger partial charge in [-0.3, -0.25) is 0 Å². The summed E-state index contributed by atoms with van der Waals surface area (Å²) in [6.45, 7) is 6.29. The van der Waals surface area contributed by atoms with E-state index in [1.807, 2.05) is 18.2 Å². The van der Waals surface area contributed by atoms with Gasteiger partial charge < -0.3 is 14.5 Å². The minimum absolute atomic E-state index is 0.209. The lowest BCUT2D eigenvalue weighted by molar-refractivity contribution is 0.0521. The Morgan fingerprint density at radius 1 is 1.33 bits per heavy atom. The molecule has 0 unspecified atom stereocenters. The van der Waals surface area contributed by atoms with E-state index >= 15 is 0 Å². The molecular weight excluding hydrogens is 266 g/mol. The average Bonchev–Trinajstić information content (AvgIpc) is 3.00. The number of hydrogen-bond acceptors (Lipinski definition) is 3. The summed E-state index contributed by atoms with van der Waals surface area (Å²) >= 11 is 0. The standard InChI is InChI=1S/C17H19NO3/c1-4-20-16(19)14-12(8-9-18-14)13-7-5-6-11-10-17(2,3)21-15(11)13/h5-9,18H,4,10H2,1-3H3. The molecule has 2 aromatic rings. The van der Waals surface area contributed by atoms with Gasteiger partial charge in [0.05, 0.1) is 6.61 Å². The molecule has 0 amide bonds. The van der Waals surface area contributed by atoms with Crippen molar-refractivity contribution in [3.63, 3.8) is 0 Å². The van der Waals surface area contributed by atoms with E-state index in [4.69, 9.17) is 9.47 Å². The van der Waals surface area contributed by atoms with Gasteiger partial charge in [-0.25, -0.2) is 4.79 Å². The summed E-state index contributed by atoms with van der Waals surface area (Å²) in [6.07, 6.45) is 2.62. The minimum Gasteiger partial charge on any atom is -0.487 e. The molecule has 110 valence electrons. The van der Waals surface area contributed by atoms with Gasteiger partial charge >= 0.3 is 5.97 Å². The smallest absolute Gasteiger partial charge is 0.355 e. The number of nitrogens with one attached hydrogen (secondary N) is 1. The Morgan fingerprint density at radius 3 is 2.90 bits per heavy atom. The number of rotatable bonds is 3. The number of ether oxygens (including phenoxy) is 2. The third-order valence-corrected chi connectivity index (χ3v) is 3.61. The zero-order chi connectivity index (χ0) is 15.0. The molecule has 0 spiro atoms. The van der Waals surface area contributed by atoms with Crippen LogP contribution in [0.2, 0.25) is 0 Å². The van der Waals surface area contributed by atoms with E-state index in [2.05, 4.69) is 24.9 Å². The molecule has 2 heterocycles. The molecule has 21 heavy (non-hydrogen) atoms. The summed E-state index contributed by atoms with van der Waals surface area (Å²) in [7, 11) is 0. The highest BCUT2D eigenvalue weighted by molar-refractivity contribution is 5.96. The first kappa shape index (κ1) is 13.7. The van der Waals surface area contributed by atoms with E-state index in [-0.39, 0.29) is 11.6 Å². The summed E-state index contributed by atoms with van der Waals surface area (Å²) in [5, 5.41) is 0. The van der Waals surface area contributed by atoms with Crippen LogP contribution in [0.25, 0.3) is 11.1 Å². The lowest BCUT2D eigenvalue weighted by Crippen LogP contribution is -2.24. The minimum atomic E-state index is -0.340. The molecule has 1 aromatic carbocycles. The Bertz CT molecular complexity index is 685. The van der Waals surface area contributed by atoms with Crippen LogP contribution >= 0.6 is 0 Å². The number of esters is 1. The molecule has 4 nitrogen and oxygen atoms in total. The predicted octanol–water partition coefficient (Wildman–Crippen LogP) is 3.57. The molecule has 1 aliphatic rings. The van der Waals surface area contributed by atoms with Crippen molar-refractivity contribution in [2.24, 2.45) is 0 Å². The second-order valence-electron chi connectivity index (χ2n) is 5.82. The van der Waals surface area contributed by atoms with Crippen LogP contribution in [0.4, 0.5) is 0 Å². The van der Waals surface area contributed by atoms with Gasteiger partial charge in [-0.1, -0.05) is 18.2 Å². The molecule has 0 atom stereocenters. The molecule has 0 bridgehead atoms. The van der Waals surface area contributed by atoms with Gasteiger partial charge in [0.15, 0.2) is 0 Å². The maximum atomic E-state index is 12.0. The Labute approximate surface area is 124 Å². The van der Waals surface area contributed by atoms with Crippen molar-refractivity contribution >= 4 is 5.97 Å². The number of carbonyl (C=O) groups is 1. The lowest BCUT2D eigenvalue weighted by Gasteiger charge is -2.18. The van der Waals surface area contributed by atoms with Crippen LogP contribution in [-0.2, 0) is 11.2 Å². The zero-order valence-electron chi connectivity index (χ0n) is 12.5. The molecule has 0 saturated carbocycles. The van der Waals surface area contributed by atoms with E-state index in [0.717, 1.165) is 23.3 Å². The fourth-order valence-electron chi connectivity index (χ4n) is 2.79. The van der Waals surface area contributed by atoms with Gasteiger partial charge in [0.2, 0.25) is 0 Å². The van der Waals surface area contributed by atoms with Crippen LogP contribution < -0.4 is 4.74 Å². The monoisotopic (exact) mass is 285 g/mol. The maximum absolute atomic E-state index is 12.0. The summed E-state index contributed by atoms with van der Waals surface area (Å²) in [5.41, 5.74) is 3.19. The van der Waals surface area contributed by atoms with E-state index < -0.39 is 0 Å². The maximum Gasteiger partial charge on any atom is 0.355 e. The van der Waals surface area contributed by atoms with Gasteiger partial charge in [0.25, 0.3) is 0 Å². The van der Waals surface area contributed by atoms with E-state index in [1.54, 1.807) is 13.1 Å². The van der Waals surface area contributed by atoms with Crippen molar-refractivity contribution in [2.75, 3.05) is 6.61 Å². The first-order valence-electron chi connectivity index (χ1n) is 7.17. The normalized spacial score (nSPS) is 15.4. The van der Waals surface area contributed by atoms with Gasteiger partial charge in [-0.2, -0.15) is 0 Å². The first-order chi connectivity index (χ1) is 10.0. The average molecular weight is 285 g/mol. The fraction of sp³-hybridized carbons (Fsp3) is 0.353. The molecule has 0 radical (unpaired) electrons. The lowest BCUT2D eigenvalue weighted by atomic mass is 9.98. The molecular formula is C17H19NO3. The Balaban J connectivity index is 2.06. The number of aromatic nitrogens is 1. The Morgan fingerprint density at radius 2 is 2.14 bits per heavy atom. The van der Waals surface area contributed by atoms with Crippen molar-refractivity contribution in [3.8, 4) is 16.9 Å². The van der Waals surface area contributed by atoms with Gasteiger partial charge in [-0.15, -0.1) is 0 Å². The van der Waals surface area contributed by atoms with E-state index in [9.17, 15) is 4.79 Å². The summed E-state index contributed by atoms with van der Waals surface area (Å²) in [5.74, 6) is 0.528. The molecule has 0 aliphatic carbocycles. The summed E-state index contributed by atoms with van der Waals surface area (Å²) in [4.78, 5) is 15.0. The number of para-hydroxylation sites is 1. The van der Waals surface area contributed by atoms with Crippen molar-refractivity contribution in [2.45, 2.75) is 32.8 Å². The number of hydrogen-bond donors (Lipinski definition) is 1. The third kappa shape index (κ3) is 2.42. The van der Waals surface area contributed by atoms with Crippen molar-refractivity contribution in [1.29, 1.82) is 0 Å². The largest absolute Gasteiger partial charge is 0.487 e. The van der Waals surface area contributed by atoms with Crippen LogP contribution in [0, 0.1) is 0 Å². The van der Waals surface area contributed by atoms with Crippen LogP contribution in [0.15, 0.2) is 30.5 Å². The van der Waals surface area contributed by atoms with E-state index in [1.165, 1.54) is 5.56 Å². The third-order valence-electron chi connectivity index (χ3n) is 3.61. The molecule has 1 aromatic heterocycles. The summed E-state index contributed by atoms with van der Waals surface area (Å²) < 4.78 is 11.2. The number of aromatic amines is 1. The van der Waals surface area contributed by atoms with Gasteiger partial charge in [0.1, 0.15) is 17.0 Å². The van der Waals surface area contributed by atoms with Crippen molar-refractivity contribution in [1.82, 2.24) is 4.98 Å². The highest BCUT2D eigenvalue weighted by atomic mass is 16.5. The Kier molecular flexibility index (Phi) is 3.24. The number of carbonyl (C=O) groups excluding carboxylic acids is 1. The van der Waals surface area contributed by atoms with Gasteiger partial charge in [-0.05, 0) is 32.4 Å². The second kappa shape index (κ2) is 4.95. The van der Waals surface area contributed by atoms with E-state index in [0.29, 0.717) is 12.3 Å². The van der Waals surface area contributed by atoms with Crippen LogP contribution in [-0.4, -0.2) is 23.2 Å². The molecule has 4 heteroatoms. The fourth-order valence-corrected chi connectivity index (χ4v) is 2.79. The van der Waals surface area contributed by atoms with Crippen LogP contribution in [0.1, 0.15) is 36.8 Å². The number of fused-ring (bicyclic) bond motifs is 1. The van der Waals surface area contributed by atoms with Crippen molar-refractivity contribution in [3.05, 3.63) is 41.7 Å². The van der Waals surface area contributed by atoms with Crippen LogP contribution in [0.5, 0.6) is 5.75 Å². The highest BCUT2D eigenvalue weighted by Gasteiger charge is 2.32. The van der Waals surface area contributed by atoms with Crippen LogP contribution in [0.3, 0.4) is 0 Å².